The zero-order chi connectivity index (χ0) is 13.8. The molecule has 0 aromatic heterocycles. The van der Waals surface area contributed by atoms with Crippen LogP contribution < -0.4 is 5.32 Å². The van der Waals surface area contributed by atoms with Crippen molar-refractivity contribution in [3.63, 3.8) is 0 Å². The Bertz CT molecular complexity index is 551. The summed E-state index contributed by atoms with van der Waals surface area (Å²) in [6, 6.07) is 14.4. The normalized spacial score (nSPS) is 12.4. The maximum Gasteiger partial charge on any atom is 0.129 e. The molecular formula is C16H18BrNO. The number of benzene rings is 2. The summed E-state index contributed by atoms with van der Waals surface area (Å²) in [5, 5.41) is 12.9. The minimum Gasteiger partial charge on any atom is -0.507 e. The Balaban J connectivity index is 1.98. The van der Waals surface area contributed by atoms with E-state index >= 15 is 0 Å². The van der Waals surface area contributed by atoms with Gasteiger partial charge in [-0.05, 0) is 53.0 Å². The first-order chi connectivity index (χ1) is 9.06. The van der Waals surface area contributed by atoms with E-state index in [1.807, 2.05) is 12.1 Å². The molecule has 2 N–H and O–H groups in total. The minimum atomic E-state index is 0.273. The maximum absolute atomic E-state index is 9.46. The van der Waals surface area contributed by atoms with Crippen molar-refractivity contribution in [2.24, 2.45) is 0 Å². The van der Waals surface area contributed by atoms with Gasteiger partial charge in [0.2, 0.25) is 0 Å². The van der Waals surface area contributed by atoms with Crippen LogP contribution in [-0.2, 0) is 6.54 Å². The molecule has 2 aromatic rings. The second-order valence-electron chi connectivity index (χ2n) is 4.80. The van der Waals surface area contributed by atoms with Gasteiger partial charge in [-0.3, -0.25) is 0 Å². The Labute approximate surface area is 122 Å². The van der Waals surface area contributed by atoms with Crippen LogP contribution in [0.2, 0.25) is 0 Å². The molecule has 1 atom stereocenters. The first kappa shape index (κ1) is 14.1. The van der Waals surface area contributed by atoms with Crippen LogP contribution >= 0.6 is 15.9 Å². The third-order valence-electron chi connectivity index (χ3n) is 3.20. The molecule has 0 radical (unpaired) electrons. The molecule has 2 aromatic carbocycles. The predicted octanol–water partition coefficient (Wildman–Crippen LogP) is 4.31. The van der Waals surface area contributed by atoms with E-state index < -0.39 is 0 Å². The average molecular weight is 320 g/mol. The number of rotatable bonds is 4. The molecule has 0 fully saturated rings. The molecule has 100 valence electrons. The highest BCUT2D eigenvalue weighted by molar-refractivity contribution is 9.10. The van der Waals surface area contributed by atoms with Crippen molar-refractivity contribution in [2.75, 3.05) is 0 Å². The second kappa shape index (κ2) is 6.22. The molecule has 3 heteroatoms. The van der Waals surface area contributed by atoms with Gasteiger partial charge < -0.3 is 10.4 Å². The van der Waals surface area contributed by atoms with E-state index in [0.29, 0.717) is 6.04 Å². The molecule has 0 spiro atoms. The fourth-order valence-corrected chi connectivity index (χ4v) is 2.33. The number of aromatic hydroxyl groups is 1. The van der Waals surface area contributed by atoms with E-state index in [9.17, 15) is 5.11 Å². The van der Waals surface area contributed by atoms with Crippen LogP contribution in [0.3, 0.4) is 0 Å². The Hall–Kier alpha value is -1.32. The van der Waals surface area contributed by atoms with Gasteiger partial charge in [-0.25, -0.2) is 0 Å². The largest absolute Gasteiger partial charge is 0.507 e. The first-order valence-electron chi connectivity index (χ1n) is 6.33. The van der Waals surface area contributed by atoms with Crippen molar-refractivity contribution in [1.82, 2.24) is 5.32 Å². The van der Waals surface area contributed by atoms with E-state index in [1.54, 1.807) is 6.07 Å². The lowest BCUT2D eigenvalue weighted by Gasteiger charge is -2.15. The molecule has 0 saturated carbocycles. The molecule has 0 saturated heterocycles. The van der Waals surface area contributed by atoms with Gasteiger partial charge in [-0.2, -0.15) is 0 Å². The topological polar surface area (TPSA) is 32.3 Å². The number of hydrogen-bond donors (Lipinski definition) is 2. The lowest BCUT2D eigenvalue weighted by molar-refractivity contribution is 0.471. The Morgan fingerprint density at radius 3 is 2.47 bits per heavy atom. The standard InChI is InChI=1S/C16H18BrNO/c1-11-3-6-14(7-4-11)12(2)18-10-13-5-8-16(19)15(17)9-13/h3-9,12,18-19H,10H2,1-2H3/t12-/m1/s1. The van der Waals surface area contributed by atoms with Gasteiger partial charge >= 0.3 is 0 Å². The summed E-state index contributed by atoms with van der Waals surface area (Å²) in [6.45, 7) is 5.02. The van der Waals surface area contributed by atoms with Crippen LogP contribution in [0.25, 0.3) is 0 Å². The van der Waals surface area contributed by atoms with E-state index in [-0.39, 0.29) is 5.75 Å². The summed E-state index contributed by atoms with van der Waals surface area (Å²) in [7, 11) is 0. The van der Waals surface area contributed by atoms with Gasteiger partial charge in [-0.15, -0.1) is 0 Å². The Kier molecular flexibility index (Phi) is 4.61. The van der Waals surface area contributed by atoms with Crippen LogP contribution in [0.15, 0.2) is 46.9 Å². The second-order valence-corrected chi connectivity index (χ2v) is 5.65. The summed E-state index contributed by atoms with van der Waals surface area (Å²) < 4.78 is 0.731. The van der Waals surface area contributed by atoms with Crippen molar-refractivity contribution in [2.45, 2.75) is 26.4 Å². The van der Waals surface area contributed by atoms with Crippen LogP contribution in [-0.4, -0.2) is 5.11 Å². The number of halogens is 1. The van der Waals surface area contributed by atoms with Crippen molar-refractivity contribution in [3.05, 3.63) is 63.6 Å². The van der Waals surface area contributed by atoms with Crippen molar-refractivity contribution >= 4 is 15.9 Å². The third-order valence-corrected chi connectivity index (χ3v) is 3.84. The molecule has 0 unspecified atom stereocenters. The maximum atomic E-state index is 9.46. The summed E-state index contributed by atoms with van der Waals surface area (Å²) in [6.07, 6.45) is 0. The number of hydrogen-bond acceptors (Lipinski definition) is 2. The van der Waals surface area contributed by atoms with Crippen LogP contribution in [0.4, 0.5) is 0 Å². The van der Waals surface area contributed by atoms with Crippen molar-refractivity contribution in [3.8, 4) is 5.75 Å². The molecule has 0 bridgehead atoms. The molecule has 0 heterocycles. The number of aryl methyl sites for hydroxylation is 1. The molecule has 0 amide bonds. The summed E-state index contributed by atoms with van der Waals surface area (Å²) in [4.78, 5) is 0. The number of phenolic OH excluding ortho intramolecular Hbond substituents is 1. The first-order valence-corrected chi connectivity index (χ1v) is 7.13. The molecular weight excluding hydrogens is 302 g/mol. The van der Waals surface area contributed by atoms with Crippen molar-refractivity contribution in [1.29, 1.82) is 0 Å². The zero-order valence-corrected chi connectivity index (χ0v) is 12.7. The third kappa shape index (κ3) is 3.82. The quantitative estimate of drug-likeness (QED) is 0.879. The average Bonchev–Trinajstić information content (AvgIpc) is 2.40. The Morgan fingerprint density at radius 2 is 1.84 bits per heavy atom. The highest BCUT2D eigenvalue weighted by Crippen LogP contribution is 2.24. The Morgan fingerprint density at radius 1 is 1.16 bits per heavy atom. The summed E-state index contributed by atoms with van der Waals surface area (Å²) in [5.74, 6) is 0.273. The minimum absolute atomic E-state index is 0.273. The number of nitrogens with one attached hydrogen (secondary N) is 1. The summed E-state index contributed by atoms with van der Waals surface area (Å²) in [5.41, 5.74) is 3.70. The fraction of sp³-hybridized carbons (Fsp3) is 0.250. The van der Waals surface area contributed by atoms with E-state index in [1.165, 1.54) is 11.1 Å². The number of phenols is 1. The summed E-state index contributed by atoms with van der Waals surface area (Å²) >= 11 is 3.33. The van der Waals surface area contributed by atoms with Crippen molar-refractivity contribution < 1.29 is 5.11 Å². The highest BCUT2D eigenvalue weighted by atomic mass is 79.9. The highest BCUT2D eigenvalue weighted by Gasteiger charge is 2.05. The molecule has 0 aliphatic rings. The zero-order valence-electron chi connectivity index (χ0n) is 11.2. The van der Waals surface area contributed by atoms with Crippen LogP contribution in [0.1, 0.15) is 29.7 Å². The fourth-order valence-electron chi connectivity index (χ4n) is 1.90. The molecule has 19 heavy (non-hydrogen) atoms. The predicted molar refractivity (Wildman–Crippen MR) is 82.2 cm³/mol. The smallest absolute Gasteiger partial charge is 0.129 e. The molecule has 2 nitrogen and oxygen atoms in total. The van der Waals surface area contributed by atoms with Gasteiger partial charge in [0.1, 0.15) is 5.75 Å². The van der Waals surface area contributed by atoms with E-state index in [2.05, 4.69) is 59.4 Å². The molecule has 0 aliphatic carbocycles. The van der Waals surface area contributed by atoms with Gasteiger partial charge in [0.15, 0.2) is 0 Å². The lowest BCUT2D eigenvalue weighted by Crippen LogP contribution is -2.18. The van der Waals surface area contributed by atoms with E-state index in [0.717, 1.165) is 16.6 Å². The SMILES string of the molecule is Cc1ccc([C@@H](C)NCc2ccc(O)c(Br)c2)cc1. The molecule has 2 rings (SSSR count). The monoisotopic (exact) mass is 319 g/mol. The van der Waals surface area contributed by atoms with Gasteiger partial charge in [0.25, 0.3) is 0 Å². The lowest BCUT2D eigenvalue weighted by atomic mass is 10.1. The van der Waals surface area contributed by atoms with Crippen LogP contribution in [0, 0.1) is 6.92 Å². The van der Waals surface area contributed by atoms with E-state index in [4.69, 9.17) is 0 Å². The van der Waals surface area contributed by atoms with Gasteiger partial charge in [0.05, 0.1) is 4.47 Å². The van der Waals surface area contributed by atoms with Gasteiger partial charge in [0, 0.05) is 12.6 Å². The molecule has 0 aliphatic heterocycles. The van der Waals surface area contributed by atoms with Gasteiger partial charge in [-0.1, -0.05) is 35.9 Å². The van der Waals surface area contributed by atoms with Crippen LogP contribution in [0.5, 0.6) is 5.75 Å².